The molecule has 4 nitrogen and oxygen atoms in total. The number of carbonyl (C=O) groups excluding carboxylic acids is 1. The molecule has 26 heavy (non-hydrogen) atoms. The molecule has 1 unspecified atom stereocenters. The van der Waals surface area contributed by atoms with E-state index in [0.717, 1.165) is 10.0 Å². The average molecular weight is 422 g/mol. The van der Waals surface area contributed by atoms with Gasteiger partial charge in [-0.15, -0.1) is 0 Å². The van der Waals surface area contributed by atoms with E-state index in [-0.39, 0.29) is 12.2 Å². The van der Waals surface area contributed by atoms with Crippen molar-refractivity contribution in [3.05, 3.63) is 69.9 Å². The normalized spacial score (nSPS) is 12.5. The first-order chi connectivity index (χ1) is 12.1. The first-order valence-electron chi connectivity index (χ1n) is 8.20. The molecule has 6 heteroatoms. The molecule has 2 aromatic carbocycles. The number of hydrogen-bond donors (Lipinski definition) is 1. The number of ketones is 1. The average Bonchev–Trinajstić information content (AvgIpc) is 2.55. The molecule has 2 aromatic rings. The molecule has 1 amide bonds. The minimum absolute atomic E-state index is 0.0118. The summed E-state index contributed by atoms with van der Waals surface area (Å²) in [5.74, 6) is -0.645. The lowest BCUT2D eigenvalue weighted by Crippen LogP contribution is -2.50. The lowest BCUT2D eigenvalue weighted by Gasteiger charge is -2.41. The Balaban J connectivity index is 2.25. The Morgan fingerprint density at radius 3 is 2.15 bits per heavy atom. The monoisotopic (exact) mass is 421 g/mol. The second-order valence-corrected chi connectivity index (χ2v) is 7.62. The largest absolute Gasteiger partial charge is 0.465 e. The Morgan fingerprint density at radius 2 is 1.65 bits per heavy atom. The summed E-state index contributed by atoms with van der Waals surface area (Å²) < 4.78 is 13.9. The minimum Gasteiger partial charge on any atom is -0.465 e. The summed E-state index contributed by atoms with van der Waals surface area (Å²) in [6.07, 6.45) is -1.09. The van der Waals surface area contributed by atoms with Crippen LogP contribution in [-0.2, 0) is 5.54 Å². The lowest BCUT2D eigenvalue weighted by atomic mass is 9.90. The van der Waals surface area contributed by atoms with Gasteiger partial charge in [0.05, 0.1) is 5.54 Å². The van der Waals surface area contributed by atoms with Gasteiger partial charge in [0.25, 0.3) is 0 Å². The number of nitrogens with zero attached hydrogens (tertiary/aromatic N) is 1. The minimum atomic E-state index is -1.10. The maximum Gasteiger partial charge on any atom is 0.408 e. The van der Waals surface area contributed by atoms with Crippen LogP contribution in [0.1, 0.15) is 43.1 Å². The van der Waals surface area contributed by atoms with Gasteiger partial charge in [0.1, 0.15) is 5.82 Å². The summed E-state index contributed by atoms with van der Waals surface area (Å²) in [6.45, 7) is 5.32. The zero-order chi connectivity index (χ0) is 19.5. The Kier molecular flexibility index (Phi) is 6.18. The zero-order valence-corrected chi connectivity index (χ0v) is 16.5. The molecule has 0 bridgehead atoms. The van der Waals surface area contributed by atoms with Gasteiger partial charge in [-0.2, -0.15) is 0 Å². The smallest absolute Gasteiger partial charge is 0.408 e. The van der Waals surface area contributed by atoms with E-state index in [1.807, 2.05) is 38.1 Å². The highest BCUT2D eigenvalue weighted by molar-refractivity contribution is 9.10. The van der Waals surface area contributed by atoms with Gasteiger partial charge in [-0.3, -0.25) is 9.69 Å². The second-order valence-electron chi connectivity index (χ2n) is 6.70. The molecular weight excluding hydrogens is 401 g/mol. The molecule has 0 aromatic heterocycles. The van der Waals surface area contributed by atoms with E-state index in [0.29, 0.717) is 5.56 Å². The van der Waals surface area contributed by atoms with Gasteiger partial charge >= 0.3 is 6.09 Å². The topological polar surface area (TPSA) is 57.6 Å². The number of carbonyl (C=O) groups is 2. The van der Waals surface area contributed by atoms with Gasteiger partial charge in [-0.25, -0.2) is 9.18 Å². The molecule has 0 fully saturated rings. The van der Waals surface area contributed by atoms with Crippen molar-refractivity contribution in [2.75, 3.05) is 0 Å². The Hall–Kier alpha value is -2.21. The predicted octanol–water partition coefficient (Wildman–Crippen LogP) is 5.46. The molecular formula is C20H21BrFNO3. The van der Waals surface area contributed by atoms with Crippen molar-refractivity contribution in [1.29, 1.82) is 0 Å². The highest BCUT2D eigenvalue weighted by Crippen LogP contribution is 2.32. The van der Waals surface area contributed by atoms with Gasteiger partial charge in [0.2, 0.25) is 0 Å². The summed E-state index contributed by atoms with van der Waals surface area (Å²) >= 11 is 3.37. The number of carboxylic acid groups (broad SMARTS) is 1. The van der Waals surface area contributed by atoms with Crippen LogP contribution in [0.25, 0.3) is 0 Å². The Labute approximate surface area is 160 Å². The van der Waals surface area contributed by atoms with Gasteiger partial charge < -0.3 is 5.11 Å². The van der Waals surface area contributed by atoms with E-state index in [2.05, 4.69) is 15.9 Å². The van der Waals surface area contributed by atoms with E-state index < -0.39 is 23.5 Å². The molecule has 0 saturated heterocycles. The summed E-state index contributed by atoms with van der Waals surface area (Å²) in [7, 11) is 0. The standard InChI is InChI=1S/C20H21BrFNO3/c1-13(12-18(24)14-4-10-17(22)11-5-14)23(19(25)26)20(2,3)15-6-8-16(21)9-7-15/h4-11,13H,12H2,1-3H3,(H,25,26). The van der Waals surface area contributed by atoms with Crippen molar-refractivity contribution >= 4 is 27.8 Å². The van der Waals surface area contributed by atoms with Crippen molar-refractivity contribution in [3.8, 4) is 0 Å². The fraction of sp³-hybridized carbons (Fsp3) is 0.300. The van der Waals surface area contributed by atoms with Gasteiger partial charge in [0.15, 0.2) is 5.78 Å². The molecule has 0 saturated carbocycles. The lowest BCUT2D eigenvalue weighted by molar-refractivity contribution is 0.0595. The number of Topliss-reactive ketones (excluding diaryl/α,β-unsaturated/α-hetero) is 1. The van der Waals surface area contributed by atoms with Crippen LogP contribution in [0.15, 0.2) is 53.0 Å². The first kappa shape index (κ1) is 20.1. The number of halogens is 2. The van der Waals surface area contributed by atoms with Crippen LogP contribution >= 0.6 is 15.9 Å². The quantitative estimate of drug-likeness (QED) is 0.629. The van der Waals surface area contributed by atoms with Crippen LogP contribution in [0.2, 0.25) is 0 Å². The predicted molar refractivity (Wildman–Crippen MR) is 102 cm³/mol. The van der Waals surface area contributed by atoms with E-state index in [1.54, 1.807) is 6.92 Å². The zero-order valence-electron chi connectivity index (χ0n) is 14.9. The van der Waals surface area contributed by atoms with E-state index in [1.165, 1.54) is 29.2 Å². The Morgan fingerprint density at radius 1 is 1.12 bits per heavy atom. The highest BCUT2D eigenvalue weighted by atomic mass is 79.9. The number of benzene rings is 2. The van der Waals surface area contributed by atoms with E-state index >= 15 is 0 Å². The molecule has 0 aliphatic carbocycles. The second kappa shape index (κ2) is 7.99. The van der Waals surface area contributed by atoms with Gasteiger partial charge in [-0.05, 0) is 62.7 Å². The van der Waals surface area contributed by atoms with Crippen molar-refractivity contribution in [3.63, 3.8) is 0 Å². The molecule has 1 N–H and O–H groups in total. The summed E-state index contributed by atoms with van der Waals surface area (Å²) in [5.41, 5.74) is 0.365. The number of hydrogen-bond acceptors (Lipinski definition) is 2. The van der Waals surface area contributed by atoms with Crippen molar-refractivity contribution < 1.29 is 19.1 Å². The van der Waals surface area contributed by atoms with Crippen molar-refractivity contribution in [2.45, 2.75) is 38.8 Å². The molecule has 138 valence electrons. The van der Waals surface area contributed by atoms with E-state index in [9.17, 15) is 19.1 Å². The third-order valence-electron chi connectivity index (χ3n) is 4.45. The fourth-order valence-electron chi connectivity index (χ4n) is 3.09. The van der Waals surface area contributed by atoms with Gasteiger partial charge in [-0.1, -0.05) is 28.1 Å². The van der Waals surface area contributed by atoms with Crippen LogP contribution < -0.4 is 0 Å². The summed E-state index contributed by atoms with van der Waals surface area (Å²) in [6, 6.07) is 12.1. The molecule has 2 rings (SSSR count). The van der Waals surface area contributed by atoms with Crippen molar-refractivity contribution in [1.82, 2.24) is 4.90 Å². The maximum atomic E-state index is 13.0. The van der Waals surface area contributed by atoms with Crippen LogP contribution in [0.5, 0.6) is 0 Å². The van der Waals surface area contributed by atoms with Crippen LogP contribution in [0.3, 0.4) is 0 Å². The van der Waals surface area contributed by atoms with Gasteiger partial charge in [0, 0.05) is 22.5 Å². The van der Waals surface area contributed by atoms with Crippen LogP contribution in [0.4, 0.5) is 9.18 Å². The third kappa shape index (κ3) is 4.49. The SMILES string of the molecule is CC(CC(=O)c1ccc(F)cc1)N(C(=O)O)C(C)(C)c1ccc(Br)cc1. The third-order valence-corrected chi connectivity index (χ3v) is 4.98. The molecule has 1 atom stereocenters. The molecule has 0 heterocycles. The summed E-state index contributed by atoms with van der Waals surface area (Å²) in [5, 5.41) is 9.77. The highest BCUT2D eigenvalue weighted by Gasteiger charge is 2.36. The van der Waals surface area contributed by atoms with Crippen molar-refractivity contribution in [2.24, 2.45) is 0 Å². The maximum absolute atomic E-state index is 13.0. The summed E-state index contributed by atoms with van der Waals surface area (Å²) in [4.78, 5) is 25.7. The first-order valence-corrected chi connectivity index (χ1v) is 8.99. The van der Waals surface area contributed by atoms with E-state index in [4.69, 9.17) is 0 Å². The number of amides is 1. The fourth-order valence-corrected chi connectivity index (χ4v) is 3.35. The number of rotatable bonds is 6. The van der Waals surface area contributed by atoms with Crippen LogP contribution in [0, 0.1) is 5.82 Å². The molecule has 0 aliphatic heterocycles. The molecule has 0 aliphatic rings. The van der Waals surface area contributed by atoms with Crippen LogP contribution in [-0.4, -0.2) is 27.9 Å². The molecule has 0 radical (unpaired) electrons. The molecule has 0 spiro atoms. The Bertz CT molecular complexity index is 788.